The second kappa shape index (κ2) is 5.55. The molecule has 1 heterocycles. The van der Waals surface area contributed by atoms with Gasteiger partial charge in [0, 0.05) is 5.41 Å². The predicted octanol–water partition coefficient (Wildman–Crippen LogP) is 2.30. The molecule has 1 aromatic heterocycles. The van der Waals surface area contributed by atoms with E-state index in [2.05, 4.69) is 20.5 Å². The minimum atomic E-state index is -0.349. The molecule has 2 rings (SSSR count). The van der Waals surface area contributed by atoms with Gasteiger partial charge >= 0.3 is 0 Å². The smallest absolute Gasteiger partial charge is 0.291 e. The van der Waals surface area contributed by atoms with E-state index in [0.717, 1.165) is 5.56 Å². The molecule has 1 unspecified atom stereocenters. The molecule has 0 bridgehead atoms. The average molecular weight is 288 g/mol. The van der Waals surface area contributed by atoms with Crippen LogP contribution in [-0.4, -0.2) is 26.2 Å². The zero-order chi connectivity index (χ0) is 15.6. The third-order valence-electron chi connectivity index (χ3n) is 3.12. The number of H-pyrrole nitrogens is 1. The molecule has 6 nitrogen and oxygen atoms in total. The van der Waals surface area contributed by atoms with Crippen LogP contribution in [0.15, 0.2) is 24.3 Å². The van der Waals surface area contributed by atoms with Crippen molar-refractivity contribution in [2.45, 2.75) is 39.2 Å². The van der Waals surface area contributed by atoms with Crippen molar-refractivity contribution in [1.82, 2.24) is 20.5 Å². The molecule has 1 atom stereocenters. The minimum Gasteiger partial charge on any atom is -0.508 e. The minimum absolute atomic E-state index is 0.118. The van der Waals surface area contributed by atoms with Crippen molar-refractivity contribution >= 4 is 5.91 Å². The highest BCUT2D eigenvalue weighted by Crippen LogP contribution is 2.19. The van der Waals surface area contributed by atoms with Crippen molar-refractivity contribution in [3.8, 4) is 5.75 Å². The molecule has 0 spiro atoms. The Balaban J connectivity index is 2.09. The number of amides is 1. The molecule has 6 heteroatoms. The van der Waals surface area contributed by atoms with Gasteiger partial charge in [0.2, 0.25) is 5.82 Å². The molecular weight excluding hydrogens is 268 g/mol. The fraction of sp³-hybridized carbons (Fsp3) is 0.400. The van der Waals surface area contributed by atoms with Crippen LogP contribution >= 0.6 is 0 Å². The second-order valence-electron chi connectivity index (χ2n) is 6.05. The quantitative estimate of drug-likeness (QED) is 0.808. The molecule has 0 aliphatic heterocycles. The van der Waals surface area contributed by atoms with E-state index in [9.17, 15) is 9.90 Å². The van der Waals surface area contributed by atoms with Crippen LogP contribution < -0.4 is 5.32 Å². The fourth-order valence-corrected chi connectivity index (χ4v) is 1.84. The maximum absolute atomic E-state index is 12.1. The summed E-state index contributed by atoms with van der Waals surface area (Å²) in [6.07, 6.45) is 0. The zero-order valence-electron chi connectivity index (χ0n) is 12.6. The Kier molecular flexibility index (Phi) is 3.97. The number of aromatic hydroxyl groups is 1. The molecule has 0 aliphatic carbocycles. The standard InChI is InChI=1S/C15H20N4O2/c1-9(10-6-5-7-11(20)8-10)16-13(21)12-17-14(19-18-12)15(2,3)4/h5-9,20H,1-4H3,(H,16,21)(H,17,18,19). The van der Waals surface area contributed by atoms with Crippen LogP contribution in [0.3, 0.4) is 0 Å². The number of aromatic nitrogens is 3. The number of phenols is 1. The van der Waals surface area contributed by atoms with Crippen LogP contribution in [0.5, 0.6) is 5.75 Å². The van der Waals surface area contributed by atoms with Gasteiger partial charge in [-0.3, -0.25) is 9.89 Å². The van der Waals surface area contributed by atoms with E-state index in [4.69, 9.17) is 0 Å². The van der Waals surface area contributed by atoms with E-state index in [1.165, 1.54) is 0 Å². The molecule has 1 aromatic carbocycles. The summed E-state index contributed by atoms with van der Waals surface area (Å²) < 4.78 is 0. The van der Waals surface area contributed by atoms with Crippen LogP contribution in [0.25, 0.3) is 0 Å². The molecular formula is C15H20N4O2. The van der Waals surface area contributed by atoms with E-state index >= 15 is 0 Å². The van der Waals surface area contributed by atoms with Gasteiger partial charge in [-0.15, -0.1) is 5.10 Å². The number of carbonyl (C=O) groups is 1. The molecule has 0 saturated heterocycles. The lowest BCUT2D eigenvalue weighted by molar-refractivity contribution is 0.0929. The van der Waals surface area contributed by atoms with Crippen molar-refractivity contribution < 1.29 is 9.90 Å². The van der Waals surface area contributed by atoms with Gasteiger partial charge in [0.1, 0.15) is 11.6 Å². The van der Waals surface area contributed by atoms with Crippen LogP contribution in [0.4, 0.5) is 0 Å². The van der Waals surface area contributed by atoms with Crippen molar-refractivity contribution in [3.05, 3.63) is 41.5 Å². The lowest BCUT2D eigenvalue weighted by Gasteiger charge is -2.14. The summed E-state index contributed by atoms with van der Waals surface area (Å²) in [5, 5.41) is 19.0. The summed E-state index contributed by atoms with van der Waals surface area (Å²) in [7, 11) is 0. The molecule has 0 fully saturated rings. The van der Waals surface area contributed by atoms with Gasteiger partial charge in [-0.1, -0.05) is 32.9 Å². The normalized spacial score (nSPS) is 13.0. The summed E-state index contributed by atoms with van der Waals surface area (Å²) in [5.74, 6) is 0.601. The monoisotopic (exact) mass is 288 g/mol. The van der Waals surface area contributed by atoms with Gasteiger partial charge in [-0.05, 0) is 24.6 Å². The first-order valence-corrected chi connectivity index (χ1v) is 6.80. The molecule has 2 aromatic rings. The van der Waals surface area contributed by atoms with Crippen molar-refractivity contribution in [2.24, 2.45) is 0 Å². The fourth-order valence-electron chi connectivity index (χ4n) is 1.84. The summed E-state index contributed by atoms with van der Waals surface area (Å²) in [4.78, 5) is 16.4. The molecule has 1 amide bonds. The number of aromatic amines is 1. The molecule has 21 heavy (non-hydrogen) atoms. The largest absolute Gasteiger partial charge is 0.508 e. The lowest BCUT2D eigenvalue weighted by Crippen LogP contribution is -2.27. The van der Waals surface area contributed by atoms with E-state index in [-0.39, 0.29) is 28.9 Å². The van der Waals surface area contributed by atoms with E-state index in [0.29, 0.717) is 5.82 Å². The second-order valence-corrected chi connectivity index (χ2v) is 6.05. The molecule has 0 aliphatic rings. The Morgan fingerprint density at radius 3 is 2.67 bits per heavy atom. The highest BCUT2D eigenvalue weighted by molar-refractivity contribution is 5.90. The van der Waals surface area contributed by atoms with Crippen molar-refractivity contribution in [2.75, 3.05) is 0 Å². The predicted molar refractivity (Wildman–Crippen MR) is 79.1 cm³/mol. The van der Waals surface area contributed by atoms with Gasteiger partial charge < -0.3 is 10.4 Å². The number of nitrogens with one attached hydrogen (secondary N) is 2. The molecule has 0 saturated carbocycles. The maximum atomic E-state index is 12.1. The zero-order valence-corrected chi connectivity index (χ0v) is 12.6. The number of benzene rings is 1. The third-order valence-corrected chi connectivity index (χ3v) is 3.12. The highest BCUT2D eigenvalue weighted by atomic mass is 16.3. The lowest BCUT2D eigenvalue weighted by atomic mass is 9.96. The summed E-state index contributed by atoms with van der Waals surface area (Å²) in [6, 6.07) is 6.52. The van der Waals surface area contributed by atoms with Crippen molar-refractivity contribution in [1.29, 1.82) is 0 Å². The first-order chi connectivity index (χ1) is 9.77. The number of nitrogens with zero attached hydrogens (tertiary/aromatic N) is 2. The van der Waals surface area contributed by atoms with Crippen LogP contribution in [0, 0.1) is 0 Å². The Hall–Kier alpha value is -2.37. The van der Waals surface area contributed by atoms with Crippen LogP contribution in [0.1, 0.15) is 55.7 Å². The SMILES string of the molecule is CC(NC(=O)c1n[nH]c(C(C)(C)C)n1)c1cccc(O)c1. The first kappa shape index (κ1) is 15.0. The summed E-state index contributed by atoms with van der Waals surface area (Å²) >= 11 is 0. The number of carbonyl (C=O) groups excluding carboxylic acids is 1. The molecule has 0 radical (unpaired) electrons. The number of phenolic OH excluding ortho intramolecular Hbond substituents is 1. The van der Waals surface area contributed by atoms with Crippen molar-refractivity contribution in [3.63, 3.8) is 0 Å². The Labute approximate surface area is 123 Å². The Morgan fingerprint density at radius 1 is 1.38 bits per heavy atom. The average Bonchev–Trinajstić information content (AvgIpc) is 2.88. The van der Waals surface area contributed by atoms with Crippen LogP contribution in [-0.2, 0) is 5.41 Å². The van der Waals surface area contributed by atoms with Gasteiger partial charge in [-0.25, -0.2) is 4.98 Å². The van der Waals surface area contributed by atoms with Gasteiger partial charge in [0.15, 0.2) is 0 Å². The summed E-state index contributed by atoms with van der Waals surface area (Å²) in [5.41, 5.74) is 0.623. The first-order valence-electron chi connectivity index (χ1n) is 6.80. The van der Waals surface area contributed by atoms with Crippen LogP contribution in [0.2, 0.25) is 0 Å². The Morgan fingerprint density at radius 2 is 2.10 bits per heavy atom. The van der Waals surface area contributed by atoms with Gasteiger partial charge in [-0.2, -0.15) is 0 Å². The van der Waals surface area contributed by atoms with E-state index < -0.39 is 0 Å². The summed E-state index contributed by atoms with van der Waals surface area (Å²) in [6.45, 7) is 7.81. The Bertz CT molecular complexity index is 643. The topological polar surface area (TPSA) is 90.9 Å². The highest BCUT2D eigenvalue weighted by Gasteiger charge is 2.22. The van der Waals surface area contributed by atoms with E-state index in [1.807, 2.05) is 33.8 Å². The number of hydrogen-bond acceptors (Lipinski definition) is 4. The molecule has 3 N–H and O–H groups in total. The van der Waals surface area contributed by atoms with E-state index in [1.54, 1.807) is 18.2 Å². The van der Waals surface area contributed by atoms with Gasteiger partial charge in [0.05, 0.1) is 6.04 Å². The van der Waals surface area contributed by atoms with Gasteiger partial charge in [0.25, 0.3) is 5.91 Å². The number of hydrogen-bond donors (Lipinski definition) is 3. The number of rotatable bonds is 3. The third kappa shape index (κ3) is 3.59. The maximum Gasteiger partial charge on any atom is 0.291 e. The molecule has 112 valence electrons.